The number of ether oxygens (including phenoxy) is 1. The Morgan fingerprint density at radius 1 is 1.19 bits per heavy atom. The Hall–Kier alpha value is -1.67. The lowest BCUT2D eigenvalue weighted by molar-refractivity contribution is 0.0962. The molecular weight excluding hydrogens is 329 g/mol. The molecule has 1 heterocycles. The predicted octanol–water partition coefficient (Wildman–Crippen LogP) is 3.87. The topological polar surface area (TPSA) is 38.3 Å². The highest BCUT2D eigenvalue weighted by Gasteiger charge is 2.06. The van der Waals surface area contributed by atoms with Gasteiger partial charge in [0.2, 0.25) is 0 Å². The number of hydrogen-bond acceptors (Lipinski definition) is 3. The van der Waals surface area contributed by atoms with Crippen LogP contribution in [0.1, 0.15) is 9.67 Å². The monoisotopic (exact) mass is 339 g/mol. The second kappa shape index (κ2) is 7.94. The Bertz CT molecular complexity index is 688. The Morgan fingerprint density at radius 2 is 2.00 bits per heavy atom. The van der Waals surface area contributed by atoms with Crippen LogP contribution in [0.3, 0.4) is 0 Å². The predicted molar refractivity (Wildman–Crippen MR) is 86.4 cm³/mol. The van der Waals surface area contributed by atoms with Crippen molar-refractivity contribution in [1.82, 2.24) is 5.32 Å². The first kappa shape index (κ1) is 15.7. The smallest absolute Gasteiger partial charge is 0.262 e. The average molecular weight is 340 g/mol. The zero-order chi connectivity index (χ0) is 15.1. The number of thiophene rings is 1. The molecule has 108 valence electrons. The van der Waals surface area contributed by atoms with Crippen LogP contribution in [0.4, 0.5) is 0 Å². The van der Waals surface area contributed by atoms with Gasteiger partial charge >= 0.3 is 0 Å². The molecule has 0 aliphatic heterocycles. The molecule has 2 rings (SSSR count). The van der Waals surface area contributed by atoms with Gasteiger partial charge in [-0.3, -0.25) is 4.79 Å². The molecule has 2 aromatic rings. The molecule has 0 bridgehead atoms. The van der Waals surface area contributed by atoms with Crippen molar-refractivity contribution in [2.75, 3.05) is 13.2 Å². The quantitative estimate of drug-likeness (QED) is 0.858. The van der Waals surface area contributed by atoms with Crippen molar-refractivity contribution >= 4 is 40.4 Å². The Kier molecular flexibility index (Phi) is 5.94. The molecule has 1 aromatic heterocycles. The van der Waals surface area contributed by atoms with Crippen LogP contribution >= 0.6 is 34.5 Å². The Labute approximate surface area is 136 Å². The van der Waals surface area contributed by atoms with Crippen LogP contribution in [0, 0.1) is 11.8 Å². The summed E-state index contributed by atoms with van der Waals surface area (Å²) in [4.78, 5) is 12.2. The first-order valence-electron chi connectivity index (χ1n) is 6.03. The molecule has 3 nitrogen and oxygen atoms in total. The first-order valence-corrected chi connectivity index (χ1v) is 7.60. The van der Waals surface area contributed by atoms with Gasteiger partial charge in [0.25, 0.3) is 5.91 Å². The lowest BCUT2D eigenvalue weighted by atomic mass is 10.3. The molecule has 1 amide bonds. The summed E-state index contributed by atoms with van der Waals surface area (Å²) in [5.41, 5.74) is 0. The third-order valence-corrected chi connectivity index (χ3v) is 3.94. The fourth-order valence-electron chi connectivity index (χ4n) is 1.44. The van der Waals surface area contributed by atoms with Crippen molar-refractivity contribution in [2.45, 2.75) is 0 Å². The number of carbonyl (C=O) groups excluding carboxylic acids is 1. The maximum absolute atomic E-state index is 11.7. The summed E-state index contributed by atoms with van der Waals surface area (Å²) >= 11 is 12.9. The summed E-state index contributed by atoms with van der Waals surface area (Å²) < 4.78 is 5.98. The maximum atomic E-state index is 11.7. The number of benzene rings is 1. The van der Waals surface area contributed by atoms with Gasteiger partial charge in [-0.05, 0) is 24.3 Å². The zero-order valence-electron chi connectivity index (χ0n) is 10.9. The van der Waals surface area contributed by atoms with Crippen LogP contribution in [0.5, 0.6) is 5.75 Å². The summed E-state index contributed by atoms with van der Waals surface area (Å²) in [6, 6.07) is 10.5. The van der Waals surface area contributed by atoms with Gasteiger partial charge in [-0.1, -0.05) is 47.2 Å². The minimum Gasteiger partial charge on any atom is -0.479 e. The van der Waals surface area contributed by atoms with Crippen molar-refractivity contribution in [1.29, 1.82) is 0 Å². The van der Waals surface area contributed by atoms with Crippen LogP contribution in [-0.4, -0.2) is 19.1 Å². The Balaban J connectivity index is 1.72. The van der Waals surface area contributed by atoms with Crippen LogP contribution in [0.2, 0.25) is 9.36 Å². The highest BCUT2D eigenvalue weighted by Crippen LogP contribution is 2.22. The summed E-state index contributed by atoms with van der Waals surface area (Å²) in [6.45, 7) is 0.463. The van der Waals surface area contributed by atoms with Crippen molar-refractivity contribution in [3.63, 3.8) is 0 Å². The summed E-state index contributed by atoms with van der Waals surface area (Å²) in [5.74, 6) is 6.01. The molecule has 0 aliphatic carbocycles. The summed E-state index contributed by atoms with van der Waals surface area (Å²) in [5, 5.41) is 3.22. The highest BCUT2D eigenvalue weighted by molar-refractivity contribution is 7.17. The molecule has 0 saturated heterocycles. The molecule has 0 unspecified atom stereocenters. The normalized spacial score (nSPS) is 9.62. The standard InChI is InChI=1S/C15H11Cl2NO2S/c16-11-5-1-2-6-12(11)20-10-4-3-9-18-15(19)13-7-8-14(17)21-13/h1-2,5-8H,9-10H2,(H,18,19). The van der Waals surface area contributed by atoms with Gasteiger partial charge in [0.05, 0.1) is 20.8 Å². The maximum Gasteiger partial charge on any atom is 0.262 e. The molecule has 0 radical (unpaired) electrons. The number of rotatable bonds is 4. The SMILES string of the molecule is O=C(NCC#CCOc1ccccc1Cl)c1ccc(Cl)s1. The molecule has 21 heavy (non-hydrogen) atoms. The minimum atomic E-state index is -0.187. The van der Waals surface area contributed by atoms with Gasteiger partial charge < -0.3 is 10.1 Å². The van der Waals surface area contributed by atoms with Crippen LogP contribution < -0.4 is 10.1 Å². The molecule has 0 aliphatic rings. The number of halogens is 2. The largest absolute Gasteiger partial charge is 0.479 e. The van der Waals surface area contributed by atoms with Crippen LogP contribution in [-0.2, 0) is 0 Å². The zero-order valence-corrected chi connectivity index (χ0v) is 13.2. The molecular formula is C15H11Cl2NO2S. The lowest BCUT2D eigenvalue weighted by Gasteiger charge is -2.03. The molecule has 0 atom stereocenters. The van der Waals surface area contributed by atoms with E-state index >= 15 is 0 Å². The van der Waals surface area contributed by atoms with Gasteiger partial charge in [0.15, 0.2) is 0 Å². The van der Waals surface area contributed by atoms with E-state index in [-0.39, 0.29) is 19.1 Å². The number of nitrogens with one attached hydrogen (secondary N) is 1. The number of amides is 1. The second-order valence-corrected chi connectivity index (χ2v) is 5.98. The summed E-state index contributed by atoms with van der Waals surface area (Å²) in [6.07, 6.45) is 0. The van der Waals surface area contributed by atoms with Gasteiger partial charge in [0, 0.05) is 0 Å². The van der Waals surface area contributed by atoms with E-state index in [2.05, 4.69) is 17.2 Å². The van der Waals surface area contributed by atoms with Crippen LogP contribution in [0.15, 0.2) is 36.4 Å². The Morgan fingerprint density at radius 3 is 2.71 bits per heavy atom. The second-order valence-electron chi connectivity index (χ2n) is 3.86. The highest BCUT2D eigenvalue weighted by atomic mass is 35.5. The number of hydrogen-bond donors (Lipinski definition) is 1. The van der Waals surface area contributed by atoms with E-state index in [0.717, 1.165) is 0 Å². The molecule has 6 heteroatoms. The van der Waals surface area contributed by atoms with E-state index < -0.39 is 0 Å². The average Bonchev–Trinajstić information content (AvgIpc) is 2.91. The number of para-hydroxylation sites is 1. The van der Waals surface area contributed by atoms with Crippen LogP contribution in [0.25, 0.3) is 0 Å². The van der Waals surface area contributed by atoms with E-state index in [1.165, 1.54) is 11.3 Å². The molecule has 1 N–H and O–H groups in total. The molecule has 0 spiro atoms. The van der Waals surface area contributed by atoms with Gasteiger partial charge in [-0.15, -0.1) is 11.3 Å². The van der Waals surface area contributed by atoms with Gasteiger partial charge in [-0.25, -0.2) is 0 Å². The molecule has 1 aromatic carbocycles. The third kappa shape index (κ3) is 4.98. The van der Waals surface area contributed by atoms with Crippen molar-refractivity contribution < 1.29 is 9.53 Å². The molecule has 0 fully saturated rings. The lowest BCUT2D eigenvalue weighted by Crippen LogP contribution is -2.22. The van der Waals surface area contributed by atoms with E-state index in [4.69, 9.17) is 27.9 Å². The fourth-order valence-corrected chi connectivity index (χ4v) is 2.59. The van der Waals surface area contributed by atoms with E-state index in [0.29, 0.717) is 20.0 Å². The fraction of sp³-hybridized carbons (Fsp3) is 0.133. The van der Waals surface area contributed by atoms with E-state index in [1.54, 1.807) is 24.3 Å². The number of carbonyl (C=O) groups is 1. The minimum absolute atomic E-state index is 0.187. The van der Waals surface area contributed by atoms with E-state index in [1.807, 2.05) is 12.1 Å². The third-order valence-electron chi connectivity index (χ3n) is 2.40. The van der Waals surface area contributed by atoms with Crippen molar-refractivity contribution in [3.05, 3.63) is 50.6 Å². The summed E-state index contributed by atoms with van der Waals surface area (Å²) in [7, 11) is 0. The first-order chi connectivity index (χ1) is 10.2. The van der Waals surface area contributed by atoms with Gasteiger partial charge in [0.1, 0.15) is 12.4 Å². The van der Waals surface area contributed by atoms with Gasteiger partial charge in [-0.2, -0.15) is 0 Å². The van der Waals surface area contributed by atoms with Crippen molar-refractivity contribution in [3.8, 4) is 17.6 Å². The molecule has 0 saturated carbocycles. The van der Waals surface area contributed by atoms with E-state index in [9.17, 15) is 4.79 Å². The van der Waals surface area contributed by atoms with Crippen molar-refractivity contribution in [2.24, 2.45) is 0 Å².